The van der Waals surface area contributed by atoms with Crippen LogP contribution in [0.15, 0.2) is 41.3 Å². The average Bonchev–Trinajstić information content (AvgIpc) is 2.94. The number of pyridine rings is 1. The molecule has 1 aromatic heterocycles. The lowest BCUT2D eigenvalue weighted by atomic mass is 10.1. The number of hydrogen-bond donors (Lipinski definition) is 0. The number of halogens is 2. The van der Waals surface area contributed by atoms with Crippen LogP contribution in [0.5, 0.6) is 0 Å². The smallest absolute Gasteiger partial charge is 0.271 e. The van der Waals surface area contributed by atoms with Crippen LogP contribution >= 0.6 is 10.0 Å². The lowest BCUT2D eigenvalue weighted by molar-refractivity contribution is -0.0260. The van der Waals surface area contributed by atoms with Crippen LogP contribution in [0, 0.1) is 13.8 Å². The van der Waals surface area contributed by atoms with Gasteiger partial charge in [-0.3, -0.25) is 9.59 Å². The first-order valence-electron chi connectivity index (χ1n) is 14.8. The second kappa shape index (κ2) is 18.2. The third-order valence-corrected chi connectivity index (χ3v) is 9.17. The van der Waals surface area contributed by atoms with Gasteiger partial charge in [0.15, 0.2) is 5.78 Å². The first kappa shape index (κ1) is 37.6. The van der Waals surface area contributed by atoms with E-state index in [0.717, 1.165) is 24.3 Å². The number of benzene rings is 1. The van der Waals surface area contributed by atoms with Crippen LogP contribution in [0.1, 0.15) is 82.8 Å². The van der Waals surface area contributed by atoms with Gasteiger partial charge < -0.3 is 9.91 Å². The molecule has 0 spiro atoms. The standard InChI is InChI=1S/C15H23NOS.C11H14F2N2O.3C2H6/c1-12-5-6-14(13(2)17)15(11-12)16-7-9-18(3,4)10-8-16;1-9-3-2-6-15(10(9)16)14-7-4-11(12,13)5-8-14;3*1-2/h5-6,11H,7-10H2,1-4H3;2-3,6H,4-5,7-8H2,1H3;3*1-2H3. The number of anilines is 1. The molecule has 2 aromatic rings. The summed E-state index contributed by atoms with van der Waals surface area (Å²) < 4.78 is 27.4. The molecule has 4 rings (SSSR count). The van der Waals surface area contributed by atoms with Crippen LogP contribution in [0.4, 0.5) is 14.5 Å². The van der Waals surface area contributed by atoms with E-state index < -0.39 is 16.0 Å². The van der Waals surface area contributed by atoms with Gasteiger partial charge in [-0.1, -0.05) is 53.7 Å². The van der Waals surface area contributed by atoms with Gasteiger partial charge in [0.1, 0.15) is 0 Å². The number of aryl methyl sites for hydroxylation is 2. The van der Waals surface area contributed by atoms with E-state index in [1.165, 1.54) is 21.7 Å². The highest BCUT2D eigenvalue weighted by atomic mass is 32.3. The Hall–Kier alpha value is -2.35. The summed E-state index contributed by atoms with van der Waals surface area (Å²) in [5.41, 5.74) is 3.73. The highest BCUT2D eigenvalue weighted by molar-refractivity contribution is 8.32. The monoisotopic (exact) mass is 583 g/mol. The topological polar surface area (TPSA) is 45.6 Å². The second-order valence-corrected chi connectivity index (χ2v) is 14.2. The largest absolute Gasteiger partial charge is 0.369 e. The molecular weight excluding hydrogens is 528 g/mol. The zero-order valence-corrected chi connectivity index (χ0v) is 27.8. The number of aromatic nitrogens is 1. The summed E-state index contributed by atoms with van der Waals surface area (Å²) in [7, 11) is -0.393. The number of Topliss-reactive ketones (excluding diaryl/α,β-unsaturated/α-hetero) is 1. The van der Waals surface area contributed by atoms with Crippen molar-refractivity contribution in [1.29, 1.82) is 0 Å². The summed E-state index contributed by atoms with van der Waals surface area (Å²) in [5, 5.41) is 1.67. The van der Waals surface area contributed by atoms with Crippen LogP contribution in [0.2, 0.25) is 0 Å². The molecule has 0 bridgehead atoms. The molecule has 0 atom stereocenters. The van der Waals surface area contributed by atoms with Crippen molar-refractivity contribution in [2.24, 2.45) is 0 Å². The molecule has 40 heavy (non-hydrogen) atoms. The first-order chi connectivity index (χ1) is 18.9. The minimum atomic E-state index is -2.58. The Labute approximate surface area is 244 Å². The van der Waals surface area contributed by atoms with Gasteiger partial charge in [0.2, 0.25) is 0 Å². The molecule has 2 saturated heterocycles. The predicted octanol–water partition coefficient (Wildman–Crippen LogP) is 7.68. The number of piperidine rings is 1. The molecule has 0 amide bonds. The van der Waals surface area contributed by atoms with Crippen molar-refractivity contribution in [1.82, 2.24) is 4.68 Å². The summed E-state index contributed by atoms with van der Waals surface area (Å²) in [6, 6.07) is 9.63. The number of ketones is 1. The molecule has 2 aliphatic rings. The Kier molecular flexibility index (Phi) is 17.1. The molecule has 0 unspecified atom stereocenters. The van der Waals surface area contributed by atoms with E-state index in [9.17, 15) is 18.4 Å². The van der Waals surface area contributed by atoms with Gasteiger partial charge in [-0.15, -0.1) is 0 Å². The van der Waals surface area contributed by atoms with Crippen molar-refractivity contribution in [2.45, 2.75) is 81.1 Å². The molecule has 8 heteroatoms. The number of carbonyl (C=O) groups excluding carboxylic acids is 1. The molecular formula is C32H55F2N3O2S. The number of hydrogen-bond acceptors (Lipinski definition) is 4. The van der Waals surface area contributed by atoms with Crippen LogP contribution in [0.25, 0.3) is 0 Å². The van der Waals surface area contributed by atoms with Crippen molar-refractivity contribution < 1.29 is 13.6 Å². The van der Waals surface area contributed by atoms with Gasteiger partial charge in [0.25, 0.3) is 11.5 Å². The van der Waals surface area contributed by atoms with Crippen molar-refractivity contribution in [3.05, 3.63) is 63.6 Å². The normalized spacial score (nSPS) is 17.6. The van der Waals surface area contributed by atoms with Crippen LogP contribution in [-0.2, 0) is 0 Å². The molecule has 3 heterocycles. The first-order valence-corrected chi connectivity index (χ1v) is 17.5. The summed E-state index contributed by atoms with van der Waals surface area (Å²) in [5.74, 6) is 0.141. The van der Waals surface area contributed by atoms with Crippen LogP contribution in [-0.4, -0.2) is 66.6 Å². The van der Waals surface area contributed by atoms with E-state index in [1.54, 1.807) is 37.2 Å². The molecule has 0 aliphatic carbocycles. The van der Waals surface area contributed by atoms with Gasteiger partial charge in [0, 0.05) is 62.0 Å². The summed E-state index contributed by atoms with van der Waals surface area (Å²) in [6.07, 6.45) is 6.07. The fourth-order valence-corrected chi connectivity index (χ4v) is 5.85. The number of carbonyl (C=O) groups is 1. The number of alkyl halides is 2. The van der Waals surface area contributed by atoms with E-state index in [4.69, 9.17) is 0 Å². The quantitative estimate of drug-likeness (QED) is 0.348. The maximum Gasteiger partial charge on any atom is 0.271 e. The maximum absolute atomic E-state index is 13.0. The van der Waals surface area contributed by atoms with Gasteiger partial charge in [-0.25, -0.2) is 23.5 Å². The zero-order chi connectivity index (χ0) is 31.1. The minimum Gasteiger partial charge on any atom is -0.369 e. The van der Waals surface area contributed by atoms with Crippen LogP contribution in [0.3, 0.4) is 0 Å². The van der Waals surface area contributed by atoms with E-state index in [2.05, 4.69) is 30.4 Å². The Balaban J connectivity index is 0.000000644. The molecule has 5 nitrogen and oxygen atoms in total. The van der Waals surface area contributed by atoms with Crippen molar-refractivity contribution in [2.75, 3.05) is 60.1 Å². The summed E-state index contributed by atoms with van der Waals surface area (Å²) in [6.45, 7) is 20.1. The molecule has 1 aromatic carbocycles. The number of rotatable bonds is 3. The van der Waals surface area contributed by atoms with Crippen LogP contribution < -0.4 is 15.5 Å². The van der Waals surface area contributed by atoms with Gasteiger partial charge in [-0.05, 0) is 68.6 Å². The average molecular weight is 584 g/mol. The van der Waals surface area contributed by atoms with E-state index in [1.807, 2.05) is 53.7 Å². The molecule has 230 valence electrons. The van der Waals surface area contributed by atoms with Gasteiger partial charge in [0.05, 0.1) is 0 Å². The summed E-state index contributed by atoms with van der Waals surface area (Å²) >= 11 is 0. The zero-order valence-electron chi connectivity index (χ0n) is 26.9. The minimum absolute atomic E-state index is 0.132. The Morgan fingerprint density at radius 3 is 1.90 bits per heavy atom. The highest BCUT2D eigenvalue weighted by Gasteiger charge is 2.34. The highest BCUT2D eigenvalue weighted by Crippen LogP contribution is 2.42. The van der Waals surface area contributed by atoms with Crippen molar-refractivity contribution in [3.63, 3.8) is 0 Å². The molecule has 2 aliphatic heterocycles. The lowest BCUT2D eigenvalue weighted by Gasteiger charge is -2.42. The van der Waals surface area contributed by atoms with E-state index in [0.29, 0.717) is 5.56 Å². The third-order valence-electron chi connectivity index (χ3n) is 6.60. The van der Waals surface area contributed by atoms with E-state index in [-0.39, 0.29) is 37.3 Å². The fourth-order valence-electron chi connectivity index (χ4n) is 4.22. The second-order valence-electron chi connectivity index (χ2n) is 9.89. The van der Waals surface area contributed by atoms with Gasteiger partial charge >= 0.3 is 0 Å². The lowest BCUT2D eigenvalue weighted by Crippen LogP contribution is -2.49. The Morgan fingerprint density at radius 2 is 1.40 bits per heavy atom. The van der Waals surface area contributed by atoms with Crippen molar-refractivity contribution in [3.8, 4) is 0 Å². The third kappa shape index (κ3) is 11.6. The Morgan fingerprint density at radius 1 is 0.875 bits per heavy atom. The van der Waals surface area contributed by atoms with Crippen molar-refractivity contribution >= 4 is 21.5 Å². The number of nitrogens with zero attached hydrogens (tertiary/aromatic N) is 3. The van der Waals surface area contributed by atoms with Gasteiger partial charge in [-0.2, -0.15) is 0 Å². The SMILES string of the molecule is CC.CC.CC.CC(=O)c1ccc(C)cc1N1CCS(C)(C)CC1.Cc1cccn(N2CCC(F)(F)CC2)c1=O. The molecule has 2 fully saturated rings. The summed E-state index contributed by atoms with van der Waals surface area (Å²) in [4.78, 5) is 25.9. The maximum atomic E-state index is 13.0. The van der Waals surface area contributed by atoms with E-state index >= 15 is 0 Å². The molecule has 0 N–H and O–H groups in total. The molecule has 0 radical (unpaired) electrons. The fraction of sp³-hybridized carbons (Fsp3) is 0.625. The molecule has 0 saturated carbocycles. The predicted molar refractivity (Wildman–Crippen MR) is 174 cm³/mol. The Bertz CT molecular complexity index is 1070.